The maximum Gasteiger partial charge on any atom is 0.231 e. The number of thiophene rings is 1. The predicted molar refractivity (Wildman–Crippen MR) is 114 cm³/mol. The highest BCUT2D eigenvalue weighted by atomic mass is 32.2. The van der Waals surface area contributed by atoms with Gasteiger partial charge in [0.2, 0.25) is 18.6 Å². The Morgan fingerprint density at radius 1 is 1.20 bits per heavy atom. The first-order valence-electron chi connectivity index (χ1n) is 9.18. The van der Waals surface area contributed by atoms with Gasteiger partial charge in [0.15, 0.2) is 22.5 Å². The van der Waals surface area contributed by atoms with E-state index in [-0.39, 0.29) is 31.4 Å². The Morgan fingerprint density at radius 2 is 2.07 bits per heavy atom. The Kier molecular flexibility index (Phi) is 6.19. The van der Waals surface area contributed by atoms with Crippen LogP contribution in [0.2, 0.25) is 0 Å². The van der Waals surface area contributed by atoms with Gasteiger partial charge >= 0.3 is 0 Å². The van der Waals surface area contributed by atoms with Gasteiger partial charge in [-0.3, -0.25) is 9.59 Å². The van der Waals surface area contributed by atoms with Gasteiger partial charge in [0.25, 0.3) is 0 Å². The number of carbonyl (C=O) groups is 2. The third-order valence-corrected chi connectivity index (χ3v) is 6.09. The molecular weight excluding hydrogens is 426 g/mol. The fourth-order valence-electron chi connectivity index (χ4n) is 2.84. The van der Waals surface area contributed by atoms with Crippen molar-refractivity contribution in [2.24, 2.45) is 5.73 Å². The maximum absolute atomic E-state index is 12.3. The minimum atomic E-state index is -0.389. The first kappa shape index (κ1) is 20.2. The summed E-state index contributed by atoms with van der Waals surface area (Å²) in [6, 6.07) is 9.15. The molecule has 0 fully saturated rings. The fourth-order valence-corrected chi connectivity index (χ4v) is 4.46. The number of anilines is 1. The van der Waals surface area contributed by atoms with Gasteiger partial charge in [0, 0.05) is 36.9 Å². The van der Waals surface area contributed by atoms with E-state index in [9.17, 15) is 9.59 Å². The summed E-state index contributed by atoms with van der Waals surface area (Å²) in [7, 11) is 0. The zero-order valence-corrected chi connectivity index (χ0v) is 17.5. The Bertz CT molecular complexity index is 1050. The number of nitrogens with two attached hydrogens (primary N) is 1. The highest BCUT2D eigenvalue weighted by molar-refractivity contribution is 7.99. The number of nitrogens with zero attached hydrogens (tertiary/aromatic N) is 3. The smallest absolute Gasteiger partial charge is 0.231 e. The molecule has 156 valence electrons. The number of carbonyl (C=O) groups excluding carboxylic acids is 2. The van der Waals surface area contributed by atoms with Gasteiger partial charge < -0.3 is 25.1 Å². The summed E-state index contributed by atoms with van der Waals surface area (Å²) < 4.78 is 12.5. The number of hydrogen-bond donors (Lipinski definition) is 2. The largest absolute Gasteiger partial charge is 0.454 e. The van der Waals surface area contributed by atoms with Crippen molar-refractivity contribution in [3.63, 3.8) is 0 Å². The lowest BCUT2D eigenvalue weighted by molar-refractivity contribution is -0.118. The molecule has 2 aromatic heterocycles. The zero-order chi connectivity index (χ0) is 20.9. The average molecular weight is 446 g/mol. The van der Waals surface area contributed by atoms with Crippen LogP contribution in [0.15, 0.2) is 40.9 Å². The summed E-state index contributed by atoms with van der Waals surface area (Å²) in [6.45, 7) is 0.578. The van der Waals surface area contributed by atoms with Crippen molar-refractivity contribution in [1.29, 1.82) is 0 Å². The monoisotopic (exact) mass is 445 g/mol. The molecule has 1 aliphatic heterocycles. The first-order chi connectivity index (χ1) is 14.6. The van der Waals surface area contributed by atoms with Crippen LogP contribution in [-0.2, 0) is 16.1 Å². The second-order valence-electron chi connectivity index (χ2n) is 6.37. The second kappa shape index (κ2) is 9.18. The maximum atomic E-state index is 12.3. The van der Waals surface area contributed by atoms with E-state index >= 15 is 0 Å². The van der Waals surface area contributed by atoms with Crippen LogP contribution >= 0.6 is 23.1 Å². The summed E-state index contributed by atoms with van der Waals surface area (Å²) in [5.41, 5.74) is 5.96. The van der Waals surface area contributed by atoms with Gasteiger partial charge in [-0.05, 0) is 23.6 Å². The van der Waals surface area contributed by atoms with Gasteiger partial charge in [0.05, 0.1) is 4.88 Å². The van der Waals surface area contributed by atoms with E-state index in [0.717, 1.165) is 4.88 Å². The van der Waals surface area contributed by atoms with Crippen molar-refractivity contribution >= 4 is 40.6 Å². The Morgan fingerprint density at radius 3 is 2.87 bits per heavy atom. The molecule has 3 aromatic rings. The van der Waals surface area contributed by atoms with Crippen LogP contribution in [0.5, 0.6) is 11.5 Å². The van der Waals surface area contributed by atoms with E-state index in [2.05, 4.69) is 15.5 Å². The lowest BCUT2D eigenvalue weighted by Gasteiger charge is -2.09. The number of primary amides is 1. The summed E-state index contributed by atoms with van der Waals surface area (Å²) in [5, 5.41) is 14.0. The standard InChI is InChI=1S/C19H19N5O4S2/c20-16(25)5-7-24-18(15-2-1-8-29-15)22-23-19(24)30-9-6-17(26)21-12-3-4-13-14(10-12)28-11-27-13/h1-4,8,10H,5-7,9,11H2,(H2,20,25)(H,21,26). The fraction of sp³-hybridized carbons (Fsp3) is 0.263. The average Bonchev–Trinajstić information content (AvgIpc) is 3.46. The summed E-state index contributed by atoms with van der Waals surface area (Å²) >= 11 is 2.96. The lowest BCUT2D eigenvalue weighted by Crippen LogP contribution is -2.15. The molecule has 0 aliphatic carbocycles. The highest BCUT2D eigenvalue weighted by Crippen LogP contribution is 2.34. The second-order valence-corrected chi connectivity index (χ2v) is 8.38. The lowest BCUT2D eigenvalue weighted by atomic mass is 10.2. The molecule has 2 amide bonds. The number of thioether (sulfide) groups is 1. The van der Waals surface area contributed by atoms with Gasteiger partial charge in [-0.1, -0.05) is 17.8 Å². The molecule has 0 spiro atoms. The Balaban J connectivity index is 1.36. The van der Waals surface area contributed by atoms with E-state index in [4.69, 9.17) is 15.2 Å². The topological polar surface area (TPSA) is 121 Å². The molecule has 4 rings (SSSR count). The summed E-state index contributed by atoms with van der Waals surface area (Å²) in [6.07, 6.45) is 0.477. The van der Waals surface area contributed by atoms with Gasteiger partial charge in [0.1, 0.15) is 0 Å². The van der Waals surface area contributed by atoms with Crippen LogP contribution in [0.3, 0.4) is 0 Å². The molecule has 0 saturated heterocycles. The van der Waals surface area contributed by atoms with E-state index in [0.29, 0.717) is 40.5 Å². The highest BCUT2D eigenvalue weighted by Gasteiger charge is 2.17. The zero-order valence-electron chi connectivity index (χ0n) is 15.9. The van der Waals surface area contributed by atoms with Crippen LogP contribution in [0.1, 0.15) is 12.8 Å². The van der Waals surface area contributed by atoms with Crippen molar-refractivity contribution in [2.75, 3.05) is 17.9 Å². The van der Waals surface area contributed by atoms with Crippen molar-refractivity contribution in [2.45, 2.75) is 24.5 Å². The SMILES string of the molecule is NC(=O)CCn1c(SCCC(=O)Nc2ccc3c(c2)OCO3)nnc1-c1cccs1. The molecule has 3 N–H and O–H groups in total. The predicted octanol–water partition coefficient (Wildman–Crippen LogP) is 2.73. The quantitative estimate of drug-likeness (QED) is 0.486. The van der Waals surface area contributed by atoms with Crippen molar-refractivity contribution in [3.05, 3.63) is 35.7 Å². The third kappa shape index (κ3) is 4.74. The first-order valence-corrected chi connectivity index (χ1v) is 11.0. The van der Waals surface area contributed by atoms with Gasteiger partial charge in [-0.15, -0.1) is 21.5 Å². The number of fused-ring (bicyclic) bond motifs is 1. The van der Waals surface area contributed by atoms with E-state index in [1.165, 1.54) is 11.8 Å². The molecule has 9 nitrogen and oxygen atoms in total. The number of ether oxygens (including phenoxy) is 2. The number of amides is 2. The van der Waals surface area contributed by atoms with Crippen LogP contribution in [-0.4, -0.2) is 39.1 Å². The van der Waals surface area contributed by atoms with Crippen LogP contribution in [0.4, 0.5) is 5.69 Å². The van der Waals surface area contributed by atoms with Gasteiger partial charge in [-0.2, -0.15) is 0 Å². The normalized spacial score (nSPS) is 12.1. The summed E-state index contributed by atoms with van der Waals surface area (Å²) in [5.74, 6) is 1.97. The van der Waals surface area contributed by atoms with E-state index in [1.807, 2.05) is 22.1 Å². The molecule has 3 heterocycles. The number of hydrogen-bond acceptors (Lipinski definition) is 8. The number of aromatic nitrogens is 3. The molecule has 0 bridgehead atoms. The summed E-state index contributed by atoms with van der Waals surface area (Å²) in [4.78, 5) is 24.5. The number of nitrogens with one attached hydrogen (secondary N) is 1. The van der Waals surface area contributed by atoms with Crippen LogP contribution in [0, 0.1) is 0 Å². The minimum absolute atomic E-state index is 0.122. The Labute approximate surface area is 180 Å². The Hall–Kier alpha value is -3.05. The molecule has 1 aliphatic rings. The molecular formula is C19H19N5O4S2. The van der Waals surface area contributed by atoms with Crippen molar-refractivity contribution in [3.8, 4) is 22.2 Å². The molecule has 0 saturated carbocycles. The molecule has 30 heavy (non-hydrogen) atoms. The molecule has 0 radical (unpaired) electrons. The molecule has 11 heteroatoms. The van der Waals surface area contributed by atoms with Crippen LogP contribution < -0.4 is 20.5 Å². The van der Waals surface area contributed by atoms with Crippen molar-refractivity contribution < 1.29 is 19.1 Å². The third-order valence-electron chi connectivity index (χ3n) is 4.26. The molecule has 1 aromatic carbocycles. The van der Waals surface area contributed by atoms with Gasteiger partial charge in [-0.25, -0.2) is 0 Å². The number of rotatable bonds is 9. The van der Waals surface area contributed by atoms with Crippen molar-refractivity contribution in [1.82, 2.24) is 14.8 Å². The van der Waals surface area contributed by atoms with E-state index < -0.39 is 0 Å². The molecule has 0 unspecified atom stereocenters. The van der Waals surface area contributed by atoms with E-state index in [1.54, 1.807) is 29.5 Å². The van der Waals surface area contributed by atoms with Crippen LogP contribution in [0.25, 0.3) is 10.7 Å². The minimum Gasteiger partial charge on any atom is -0.454 e. The molecule has 0 atom stereocenters. The number of benzene rings is 1.